The molecule has 6 nitrogen and oxygen atoms in total. The maximum Gasteiger partial charge on any atom is 0.267 e. The minimum atomic E-state index is -0.117. The third kappa shape index (κ3) is 3.37. The monoisotopic (exact) mass is 263 g/mol. The van der Waals surface area contributed by atoms with E-state index < -0.39 is 0 Å². The van der Waals surface area contributed by atoms with Gasteiger partial charge in [-0.05, 0) is 12.8 Å². The van der Waals surface area contributed by atoms with Crippen LogP contribution in [0.5, 0.6) is 11.5 Å². The van der Waals surface area contributed by atoms with Gasteiger partial charge in [-0.15, -0.1) is 0 Å². The minimum absolute atomic E-state index is 0.117. The van der Waals surface area contributed by atoms with Crippen molar-refractivity contribution in [2.45, 2.75) is 12.8 Å². The lowest BCUT2D eigenvalue weighted by molar-refractivity contribution is -0.115. The van der Waals surface area contributed by atoms with E-state index in [0.717, 1.165) is 6.42 Å². The largest absolute Gasteiger partial charge is 0.497 e. The van der Waals surface area contributed by atoms with E-state index in [1.54, 1.807) is 32.4 Å². The van der Waals surface area contributed by atoms with Crippen LogP contribution in [0.4, 0.5) is 5.69 Å². The van der Waals surface area contributed by atoms with Crippen LogP contribution in [0.15, 0.2) is 23.3 Å². The number of hydrogen-bond acceptors (Lipinski definition) is 5. The van der Waals surface area contributed by atoms with Gasteiger partial charge < -0.3 is 14.8 Å². The summed E-state index contributed by atoms with van der Waals surface area (Å²) in [5.41, 5.74) is 4.08. The zero-order valence-electron chi connectivity index (χ0n) is 11.0. The zero-order valence-corrected chi connectivity index (χ0v) is 11.0. The van der Waals surface area contributed by atoms with Gasteiger partial charge in [0.15, 0.2) is 0 Å². The highest BCUT2D eigenvalue weighted by Crippen LogP contribution is 2.25. The van der Waals surface area contributed by atoms with E-state index in [2.05, 4.69) is 15.8 Å². The lowest BCUT2D eigenvalue weighted by Gasteiger charge is -2.14. The number of hydrogen-bond donors (Lipinski definition) is 2. The van der Waals surface area contributed by atoms with Gasteiger partial charge in [-0.1, -0.05) is 0 Å². The lowest BCUT2D eigenvalue weighted by atomic mass is 10.1. The Hall–Kier alpha value is -2.24. The van der Waals surface area contributed by atoms with Crippen LogP contribution >= 0.6 is 0 Å². The molecule has 0 aliphatic carbocycles. The molecule has 1 aromatic carbocycles. The normalized spacial score (nSPS) is 16.9. The summed E-state index contributed by atoms with van der Waals surface area (Å²) in [6.45, 7) is 0.713. The Balaban J connectivity index is 2.14. The predicted molar refractivity (Wildman–Crippen MR) is 72.8 cm³/mol. The molecule has 0 atom stereocenters. The Bertz CT molecular complexity index is 478. The number of piperidine rings is 1. The van der Waals surface area contributed by atoms with Gasteiger partial charge in [-0.2, -0.15) is 5.10 Å². The molecular weight excluding hydrogens is 246 g/mol. The molecule has 0 bridgehead atoms. The van der Waals surface area contributed by atoms with E-state index >= 15 is 0 Å². The Morgan fingerprint density at radius 2 is 1.89 bits per heavy atom. The Labute approximate surface area is 111 Å². The first-order valence-electron chi connectivity index (χ1n) is 6.07. The number of nitrogens with zero attached hydrogens (tertiary/aromatic N) is 1. The summed E-state index contributed by atoms with van der Waals surface area (Å²) in [6.07, 6.45) is 1.59. The second-order valence-electron chi connectivity index (χ2n) is 4.13. The standard InChI is InChI=1S/C13H17N3O3/c1-18-10-6-9(7-11(8-10)19-2)15-16-12-4-3-5-14-13(12)17/h6-8,15H,3-5H2,1-2H3,(H,14,17)/b16-12-. The highest BCUT2D eigenvalue weighted by Gasteiger charge is 2.15. The van der Waals surface area contributed by atoms with Gasteiger partial charge in [-0.25, -0.2) is 0 Å². The number of rotatable bonds is 4. The van der Waals surface area contributed by atoms with Crippen molar-refractivity contribution < 1.29 is 14.3 Å². The fraction of sp³-hybridized carbons (Fsp3) is 0.385. The summed E-state index contributed by atoms with van der Waals surface area (Å²) in [5.74, 6) is 1.21. The average molecular weight is 263 g/mol. The third-order valence-electron chi connectivity index (χ3n) is 2.81. The molecule has 2 N–H and O–H groups in total. The van der Waals surface area contributed by atoms with Gasteiger partial charge in [0, 0.05) is 24.7 Å². The smallest absolute Gasteiger partial charge is 0.267 e. The number of nitrogens with one attached hydrogen (secondary N) is 2. The van der Waals surface area contributed by atoms with Crippen LogP contribution in [0, 0.1) is 0 Å². The number of methoxy groups -OCH3 is 2. The molecule has 1 heterocycles. The second kappa shape index (κ2) is 6.08. The maximum absolute atomic E-state index is 11.5. The van der Waals surface area contributed by atoms with Crippen molar-refractivity contribution in [1.29, 1.82) is 0 Å². The van der Waals surface area contributed by atoms with Crippen LogP contribution in [0.25, 0.3) is 0 Å². The molecule has 1 aliphatic heterocycles. The van der Waals surface area contributed by atoms with Crippen LogP contribution in [0.2, 0.25) is 0 Å². The minimum Gasteiger partial charge on any atom is -0.497 e. The quantitative estimate of drug-likeness (QED) is 0.805. The number of carbonyl (C=O) groups excluding carboxylic acids is 1. The Kier molecular flexibility index (Phi) is 4.22. The van der Waals surface area contributed by atoms with Crippen molar-refractivity contribution in [2.24, 2.45) is 5.10 Å². The molecule has 1 amide bonds. The first kappa shape index (κ1) is 13.2. The van der Waals surface area contributed by atoms with Gasteiger partial charge in [-0.3, -0.25) is 10.2 Å². The number of hydrazone groups is 1. The molecule has 0 aromatic heterocycles. The van der Waals surface area contributed by atoms with Gasteiger partial charge in [0.25, 0.3) is 5.91 Å². The summed E-state index contributed by atoms with van der Waals surface area (Å²) in [7, 11) is 3.16. The summed E-state index contributed by atoms with van der Waals surface area (Å²) < 4.78 is 10.3. The highest BCUT2D eigenvalue weighted by atomic mass is 16.5. The summed E-state index contributed by atoms with van der Waals surface area (Å²) in [6, 6.07) is 5.34. The van der Waals surface area contributed by atoms with Crippen LogP contribution < -0.4 is 20.2 Å². The van der Waals surface area contributed by atoms with E-state index in [0.29, 0.717) is 35.9 Å². The fourth-order valence-electron chi connectivity index (χ4n) is 1.78. The van der Waals surface area contributed by atoms with Crippen molar-refractivity contribution in [3.05, 3.63) is 18.2 Å². The molecule has 102 valence electrons. The van der Waals surface area contributed by atoms with Crippen molar-refractivity contribution in [3.63, 3.8) is 0 Å². The topological polar surface area (TPSA) is 72.0 Å². The number of amides is 1. The molecule has 1 fully saturated rings. The first-order chi connectivity index (χ1) is 9.22. The van der Waals surface area contributed by atoms with Crippen molar-refractivity contribution >= 4 is 17.3 Å². The number of anilines is 1. The van der Waals surface area contributed by atoms with Gasteiger partial charge in [0.2, 0.25) is 0 Å². The fourth-order valence-corrected chi connectivity index (χ4v) is 1.78. The van der Waals surface area contributed by atoms with Crippen LogP contribution in [0.1, 0.15) is 12.8 Å². The molecule has 19 heavy (non-hydrogen) atoms. The lowest BCUT2D eigenvalue weighted by Crippen LogP contribution is -2.37. The molecule has 6 heteroatoms. The zero-order chi connectivity index (χ0) is 13.7. The summed E-state index contributed by atoms with van der Waals surface area (Å²) in [4.78, 5) is 11.5. The summed E-state index contributed by atoms with van der Waals surface area (Å²) in [5, 5.41) is 6.88. The molecule has 0 unspecified atom stereocenters. The SMILES string of the molecule is COc1cc(N/N=C2/CCCNC2=O)cc(OC)c1. The van der Waals surface area contributed by atoms with E-state index in [-0.39, 0.29) is 5.91 Å². The average Bonchev–Trinajstić information content (AvgIpc) is 2.46. The maximum atomic E-state index is 11.5. The molecular formula is C13H17N3O3. The molecule has 0 spiro atoms. The number of benzene rings is 1. The summed E-state index contributed by atoms with van der Waals surface area (Å²) >= 11 is 0. The van der Waals surface area contributed by atoms with Crippen LogP contribution in [-0.4, -0.2) is 32.4 Å². The van der Waals surface area contributed by atoms with Gasteiger partial charge in [0.05, 0.1) is 19.9 Å². The molecule has 0 radical (unpaired) electrons. The third-order valence-corrected chi connectivity index (χ3v) is 2.81. The highest BCUT2D eigenvalue weighted by molar-refractivity contribution is 6.39. The Morgan fingerprint density at radius 3 is 2.47 bits per heavy atom. The molecule has 1 aromatic rings. The molecule has 0 saturated carbocycles. The van der Waals surface area contributed by atoms with E-state index in [1.165, 1.54) is 0 Å². The number of ether oxygens (including phenoxy) is 2. The number of carbonyl (C=O) groups is 1. The first-order valence-corrected chi connectivity index (χ1v) is 6.07. The van der Waals surface area contributed by atoms with Crippen molar-refractivity contribution in [2.75, 3.05) is 26.2 Å². The van der Waals surface area contributed by atoms with E-state index in [9.17, 15) is 4.79 Å². The van der Waals surface area contributed by atoms with E-state index in [1.807, 2.05) is 0 Å². The molecule has 1 aliphatic rings. The van der Waals surface area contributed by atoms with Crippen molar-refractivity contribution in [1.82, 2.24) is 5.32 Å². The second-order valence-corrected chi connectivity index (χ2v) is 4.13. The molecule has 2 rings (SSSR count). The van der Waals surface area contributed by atoms with Gasteiger partial charge >= 0.3 is 0 Å². The van der Waals surface area contributed by atoms with Crippen molar-refractivity contribution in [3.8, 4) is 11.5 Å². The van der Waals surface area contributed by atoms with Crippen LogP contribution in [-0.2, 0) is 4.79 Å². The predicted octanol–water partition coefficient (Wildman–Crippen LogP) is 1.38. The van der Waals surface area contributed by atoms with E-state index in [4.69, 9.17) is 9.47 Å². The van der Waals surface area contributed by atoms with Gasteiger partial charge in [0.1, 0.15) is 17.2 Å². The van der Waals surface area contributed by atoms with Crippen LogP contribution in [0.3, 0.4) is 0 Å². The Morgan fingerprint density at radius 1 is 1.21 bits per heavy atom. The molecule has 1 saturated heterocycles.